The van der Waals surface area contributed by atoms with Crippen molar-refractivity contribution in [3.05, 3.63) is 65.2 Å². The Labute approximate surface area is 185 Å². The molecule has 0 unspecified atom stereocenters. The molecule has 4 aromatic heterocycles. The van der Waals surface area contributed by atoms with Crippen LogP contribution in [-0.4, -0.2) is 34.9 Å². The Morgan fingerprint density at radius 2 is 1.84 bits per heavy atom. The van der Waals surface area contributed by atoms with Crippen molar-refractivity contribution in [2.75, 3.05) is 5.32 Å². The average Bonchev–Trinajstić information content (AvgIpc) is 3.22. The van der Waals surface area contributed by atoms with E-state index in [0.29, 0.717) is 6.04 Å². The highest BCUT2D eigenvalue weighted by molar-refractivity contribution is 6.04. The first kappa shape index (κ1) is 20.0. The van der Waals surface area contributed by atoms with Gasteiger partial charge in [0.25, 0.3) is 0 Å². The predicted octanol–water partition coefficient (Wildman–Crippen LogP) is 3.80. The minimum Gasteiger partial charge on any atom is -0.382 e. The molecule has 0 aliphatic carbocycles. The number of imidazole rings is 1. The number of pyridine rings is 2. The van der Waals surface area contributed by atoms with Crippen LogP contribution in [0, 0.1) is 6.92 Å². The third-order valence-electron chi connectivity index (χ3n) is 5.64. The first-order valence-electron chi connectivity index (χ1n) is 10.6. The number of rotatable bonds is 4. The molecular weight excluding hydrogens is 402 g/mol. The average molecular weight is 428 g/mol. The normalized spacial score (nSPS) is 11.7. The zero-order chi connectivity index (χ0) is 22.6. The predicted molar refractivity (Wildman–Crippen MR) is 127 cm³/mol. The molecule has 8 heteroatoms. The van der Waals surface area contributed by atoms with Crippen LogP contribution in [0.5, 0.6) is 0 Å². The molecule has 0 aliphatic heterocycles. The molecule has 162 valence electrons. The van der Waals surface area contributed by atoms with Crippen LogP contribution in [0.25, 0.3) is 38.8 Å². The summed E-state index contributed by atoms with van der Waals surface area (Å²) in [5, 5.41) is 8.74. The van der Waals surface area contributed by atoms with Crippen LogP contribution in [0.1, 0.15) is 19.5 Å². The van der Waals surface area contributed by atoms with Crippen molar-refractivity contribution in [1.82, 2.24) is 28.9 Å². The van der Waals surface area contributed by atoms with Gasteiger partial charge in [-0.15, -0.1) is 0 Å². The van der Waals surface area contributed by atoms with Gasteiger partial charge < -0.3 is 5.32 Å². The Bertz CT molecular complexity index is 1540. The van der Waals surface area contributed by atoms with Crippen LogP contribution in [0.4, 0.5) is 5.69 Å². The van der Waals surface area contributed by atoms with E-state index in [2.05, 4.69) is 46.4 Å². The number of aromatic nitrogens is 6. The maximum Gasteiger partial charge on any atom is 0.333 e. The van der Waals surface area contributed by atoms with E-state index in [-0.39, 0.29) is 5.69 Å². The first-order chi connectivity index (χ1) is 15.3. The fourth-order valence-corrected chi connectivity index (χ4v) is 4.22. The van der Waals surface area contributed by atoms with E-state index in [1.165, 1.54) is 0 Å². The number of nitrogens with zero attached hydrogens (tertiary/aromatic N) is 6. The van der Waals surface area contributed by atoms with Gasteiger partial charge in [-0.25, -0.2) is 4.79 Å². The molecule has 4 heterocycles. The molecule has 0 radical (unpaired) electrons. The van der Waals surface area contributed by atoms with E-state index in [4.69, 9.17) is 0 Å². The van der Waals surface area contributed by atoms with Gasteiger partial charge in [-0.2, -0.15) is 5.10 Å². The summed E-state index contributed by atoms with van der Waals surface area (Å²) < 4.78 is 5.10. The van der Waals surface area contributed by atoms with E-state index >= 15 is 0 Å². The monoisotopic (exact) mass is 427 g/mol. The third kappa shape index (κ3) is 3.15. The van der Waals surface area contributed by atoms with Crippen molar-refractivity contribution < 1.29 is 0 Å². The Kier molecular flexibility index (Phi) is 4.58. The van der Waals surface area contributed by atoms with Crippen LogP contribution >= 0.6 is 0 Å². The SMILES string of the molecule is Cc1nn(C)cc1-n1c(=O)n(C)c2cnc3ccc(-c4cncc(NC(C)C)c4)cc3c21. The summed E-state index contributed by atoms with van der Waals surface area (Å²) in [6, 6.07) is 8.52. The minimum atomic E-state index is -0.124. The van der Waals surface area contributed by atoms with E-state index in [1.807, 2.05) is 44.7 Å². The van der Waals surface area contributed by atoms with Gasteiger partial charge in [0.1, 0.15) is 0 Å². The summed E-state index contributed by atoms with van der Waals surface area (Å²) in [5.41, 5.74) is 6.84. The van der Waals surface area contributed by atoms with E-state index in [9.17, 15) is 4.79 Å². The standard InChI is InChI=1S/C24H25N7O/c1-14(2)27-18-8-17(10-25-11-18)16-6-7-20-19(9-16)23-21(12-26-20)30(5)24(32)31(23)22-13-29(4)28-15(22)3/h6-14,27H,1-5H3. The molecule has 0 saturated heterocycles. The molecule has 0 fully saturated rings. The Balaban J connectivity index is 1.79. The third-order valence-corrected chi connectivity index (χ3v) is 5.64. The topological polar surface area (TPSA) is 82.6 Å². The van der Waals surface area contributed by atoms with Crippen LogP contribution < -0.4 is 11.0 Å². The summed E-state index contributed by atoms with van der Waals surface area (Å²) >= 11 is 0. The van der Waals surface area contributed by atoms with Gasteiger partial charge in [-0.3, -0.25) is 23.8 Å². The summed E-state index contributed by atoms with van der Waals surface area (Å²) in [4.78, 5) is 22.3. The van der Waals surface area contributed by atoms with Gasteiger partial charge >= 0.3 is 5.69 Å². The van der Waals surface area contributed by atoms with Crippen molar-refractivity contribution in [2.45, 2.75) is 26.8 Å². The summed E-state index contributed by atoms with van der Waals surface area (Å²) in [6.45, 7) is 6.11. The van der Waals surface area contributed by atoms with Gasteiger partial charge in [-0.05, 0) is 44.5 Å². The number of aryl methyl sites for hydroxylation is 3. The maximum atomic E-state index is 13.2. The molecular formula is C24H25N7O. The highest BCUT2D eigenvalue weighted by Gasteiger charge is 2.19. The van der Waals surface area contributed by atoms with Gasteiger partial charge in [-0.1, -0.05) is 6.07 Å². The molecule has 0 bridgehead atoms. The lowest BCUT2D eigenvalue weighted by Crippen LogP contribution is -2.21. The summed E-state index contributed by atoms with van der Waals surface area (Å²) in [6.07, 6.45) is 7.31. The molecule has 5 aromatic rings. The fraction of sp³-hybridized carbons (Fsp3) is 0.250. The van der Waals surface area contributed by atoms with Crippen molar-refractivity contribution in [3.8, 4) is 16.8 Å². The van der Waals surface area contributed by atoms with Crippen LogP contribution in [0.3, 0.4) is 0 Å². The van der Waals surface area contributed by atoms with Crippen molar-refractivity contribution in [3.63, 3.8) is 0 Å². The molecule has 1 N–H and O–H groups in total. The lowest BCUT2D eigenvalue weighted by molar-refractivity contribution is 0.756. The number of fused-ring (bicyclic) bond motifs is 3. The van der Waals surface area contributed by atoms with E-state index in [0.717, 1.165) is 50.1 Å². The molecule has 0 amide bonds. The lowest BCUT2D eigenvalue weighted by atomic mass is 10.0. The molecule has 0 atom stereocenters. The Morgan fingerprint density at radius 1 is 1.03 bits per heavy atom. The number of hydrogen-bond acceptors (Lipinski definition) is 5. The number of anilines is 1. The van der Waals surface area contributed by atoms with Gasteiger partial charge in [0, 0.05) is 49.7 Å². The zero-order valence-corrected chi connectivity index (χ0v) is 18.8. The highest BCUT2D eigenvalue weighted by atomic mass is 16.1. The molecule has 8 nitrogen and oxygen atoms in total. The number of nitrogens with one attached hydrogen (secondary N) is 1. The van der Waals surface area contributed by atoms with Crippen molar-refractivity contribution in [1.29, 1.82) is 0 Å². The van der Waals surface area contributed by atoms with E-state index < -0.39 is 0 Å². The summed E-state index contributed by atoms with van der Waals surface area (Å²) in [5.74, 6) is 0. The lowest BCUT2D eigenvalue weighted by Gasteiger charge is -2.11. The van der Waals surface area contributed by atoms with Crippen molar-refractivity contribution in [2.24, 2.45) is 14.1 Å². The Morgan fingerprint density at radius 3 is 2.56 bits per heavy atom. The fourth-order valence-electron chi connectivity index (χ4n) is 4.22. The minimum absolute atomic E-state index is 0.124. The largest absolute Gasteiger partial charge is 0.382 e. The Hall–Kier alpha value is -3.94. The molecule has 32 heavy (non-hydrogen) atoms. The van der Waals surface area contributed by atoms with Gasteiger partial charge in [0.15, 0.2) is 0 Å². The van der Waals surface area contributed by atoms with Crippen LogP contribution in [0.2, 0.25) is 0 Å². The number of hydrogen-bond donors (Lipinski definition) is 1. The maximum absolute atomic E-state index is 13.2. The van der Waals surface area contributed by atoms with Crippen LogP contribution in [-0.2, 0) is 14.1 Å². The zero-order valence-electron chi connectivity index (χ0n) is 18.8. The summed E-state index contributed by atoms with van der Waals surface area (Å²) in [7, 11) is 3.63. The quantitative estimate of drug-likeness (QED) is 0.472. The number of benzene rings is 1. The van der Waals surface area contributed by atoms with Gasteiger partial charge in [0.2, 0.25) is 0 Å². The smallest absolute Gasteiger partial charge is 0.333 e. The molecule has 5 rings (SSSR count). The molecule has 0 aliphatic rings. The van der Waals surface area contributed by atoms with Crippen LogP contribution in [0.15, 0.2) is 53.8 Å². The molecule has 0 spiro atoms. The van der Waals surface area contributed by atoms with E-state index in [1.54, 1.807) is 27.1 Å². The molecule has 0 saturated carbocycles. The second kappa shape index (κ2) is 7.33. The first-order valence-corrected chi connectivity index (χ1v) is 10.6. The van der Waals surface area contributed by atoms with Gasteiger partial charge in [0.05, 0.1) is 39.8 Å². The second-order valence-corrected chi connectivity index (χ2v) is 8.44. The second-order valence-electron chi connectivity index (χ2n) is 8.44. The van der Waals surface area contributed by atoms with Crippen molar-refractivity contribution >= 4 is 27.6 Å². The molecule has 1 aromatic carbocycles. The highest BCUT2D eigenvalue weighted by Crippen LogP contribution is 2.30.